The van der Waals surface area contributed by atoms with Gasteiger partial charge >= 0.3 is 0 Å². The fraction of sp³-hybridized carbons (Fsp3) is 0.353. The molecule has 1 aromatic heterocycles. The van der Waals surface area contributed by atoms with Crippen LogP contribution in [0.4, 0.5) is 0 Å². The monoisotopic (exact) mass is 267 g/mol. The molecule has 0 spiro atoms. The van der Waals surface area contributed by atoms with Crippen molar-refractivity contribution in [1.82, 2.24) is 9.88 Å². The summed E-state index contributed by atoms with van der Waals surface area (Å²) >= 11 is 0. The number of rotatable bonds is 6. The third-order valence-electron chi connectivity index (χ3n) is 3.39. The van der Waals surface area contributed by atoms with Gasteiger partial charge in [0.1, 0.15) is 0 Å². The summed E-state index contributed by atoms with van der Waals surface area (Å²) in [7, 11) is 0. The number of nitrogens with one attached hydrogen (secondary N) is 1. The van der Waals surface area contributed by atoms with Gasteiger partial charge < -0.3 is 9.88 Å². The SMILES string of the molecule is CCCNCc1ccn(Cc2ccc(C#N)cc2C)c1. The van der Waals surface area contributed by atoms with Gasteiger partial charge in [0.2, 0.25) is 0 Å². The van der Waals surface area contributed by atoms with Crippen LogP contribution in [0, 0.1) is 18.3 Å². The molecule has 3 heteroatoms. The molecule has 0 aliphatic rings. The Labute approximate surface area is 120 Å². The fourth-order valence-electron chi connectivity index (χ4n) is 2.24. The van der Waals surface area contributed by atoms with Crippen molar-refractivity contribution in [1.29, 1.82) is 5.26 Å². The molecule has 0 saturated heterocycles. The van der Waals surface area contributed by atoms with Crippen molar-refractivity contribution in [2.24, 2.45) is 0 Å². The Hall–Kier alpha value is -2.05. The van der Waals surface area contributed by atoms with Crippen LogP contribution in [0.25, 0.3) is 0 Å². The van der Waals surface area contributed by atoms with Crippen LogP contribution in [0.1, 0.15) is 35.6 Å². The van der Waals surface area contributed by atoms with Crippen LogP contribution in [-0.2, 0) is 13.1 Å². The van der Waals surface area contributed by atoms with E-state index in [9.17, 15) is 0 Å². The highest BCUT2D eigenvalue weighted by atomic mass is 14.9. The molecule has 104 valence electrons. The van der Waals surface area contributed by atoms with E-state index < -0.39 is 0 Å². The molecule has 0 aliphatic heterocycles. The zero-order chi connectivity index (χ0) is 14.4. The maximum atomic E-state index is 8.89. The summed E-state index contributed by atoms with van der Waals surface area (Å²) in [5, 5.41) is 12.3. The largest absolute Gasteiger partial charge is 0.350 e. The standard InChI is InChI=1S/C17H21N3/c1-3-7-19-11-16-6-8-20(12-16)13-17-5-4-15(10-18)9-14(17)2/h4-6,8-9,12,19H,3,7,11,13H2,1-2H3. The molecular formula is C17H21N3. The highest BCUT2D eigenvalue weighted by Gasteiger charge is 2.02. The third-order valence-corrected chi connectivity index (χ3v) is 3.39. The second kappa shape index (κ2) is 6.93. The minimum Gasteiger partial charge on any atom is -0.350 e. The van der Waals surface area contributed by atoms with E-state index in [1.54, 1.807) is 0 Å². The molecule has 0 bridgehead atoms. The Morgan fingerprint density at radius 1 is 1.30 bits per heavy atom. The Morgan fingerprint density at radius 3 is 2.85 bits per heavy atom. The van der Waals surface area contributed by atoms with Crippen molar-refractivity contribution in [2.75, 3.05) is 6.54 Å². The molecule has 0 atom stereocenters. The lowest BCUT2D eigenvalue weighted by Gasteiger charge is -2.07. The molecule has 2 rings (SSSR count). The van der Waals surface area contributed by atoms with Gasteiger partial charge in [-0.15, -0.1) is 0 Å². The number of hydrogen-bond acceptors (Lipinski definition) is 2. The Bertz CT molecular complexity index is 605. The van der Waals surface area contributed by atoms with Gasteiger partial charge in [0, 0.05) is 25.5 Å². The average molecular weight is 267 g/mol. The van der Waals surface area contributed by atoms with Crippen LogP contribution in [0.3, 0.4) is 0 Å². The summed E-state index contributed by atoms with van der Waals surface area (Å²) in [6.07, 6.45) is 5.45. The van der Waals surface area contributed by atoms with Crippen LogP contribution in [0.2, 0.25) is 0 Å². The lowest BCUT2D eigenvalue weighted by Crippen LogP contribution is -2.13. The van der Waals surface area contributed by atoms with Crippen molar-refractivity contribution in [3.05, 3.63) is 58.9 Å². The van der Waals surface area contributed by atoms with Crippen molar-refractivity contribution in [3.63, 3.8) is 0 Å². The van der Waals surface area contributed by atoms with E-state index in [1.165, 1.54) is 16.7 Å². The van der Waals surface area contributed by atoms with Crippen molar-refractivity contribution < 1.29 is 0 Å². The van der Waals surface area contributed by atoms with Crippen LogP contribution < -0.4 is 5.32 Å². The molecule has 1 N–H and O–H groups in total. The van der Waals surface area contributed by atoms with Crippen LogP contribution in [0.15, 0.2) is 36.7 Å². The zero-order valence-electron chi connectivity index (χ0n) is 12.2. The molecule has 20 heavy (non-hydrogen) atoms. The zero-order valence-corrected chi connectivity index (χ0v) is 12.2. The average Bonchev–Trinajstić information content (AvgIpc) is 2.89. The third kappa shape index (κ3) is 3.72. The van der Waals surface area contributed by atoms with E-state index in [0.717, 1.165) is 31.6 Å². The second-order valence-corrected chi connectivity index (χ2v) is 5.12. The summed E-state index contributed by atoms with van der Waals surface area (Å²) in [5.74, 6) is 0. The smallest absolute Gasteiger partial charge is 0.0991 e. The van der Waals surface area contributed by atoms with Crippen molar-refractivity contribution in [3.8, 4) is 6.07 Å². The number of nitriles is 1. The Kier molecular flexibility index (Phi) is 4.97. The van der Waals surface area contributed by atoms with Gasteiger partial charge in [-0.25, -0.2) is 0 Å². The van der Waals surface area contributed by atoms with Gasteiger partial charge in [-0.05, 0) is 54.8 Å². The molecule has 3 nitrogen and oxygen atoms in total. The number of hydrogen-bond donors (Lipinski definition) is 1. The second-order valence-electron chi connectivity index (χ2n) is 5.12. The topological polar surface area (TPSA) is 40.8 Å². The summed E-state index contributed by atoms with van der Waals surface area (Å²) < 4.78 is 2.19. The minimum absolute atomic E-state index is 0.725. The van der Waals surface area contributed by atoms with Crippen molar-refractivity contribution >= 4 is 0 Å². The first kappa shape index (κ1) is 14.4. The molecule has 1 heterocycles. The van der Waals surface area contributed by atoms with Gasteiger partial charge in [0.15, 0.2) is 0 Å². The van der Waals surface area contributed by atoms with Crippen LogP contribution in [0.5, 0.6) is 0 Å². The van der Waals surface area contributed by atoms with Gasteiger partial charge in [0.05, 0.1) is 11.6 Å². The number of aromatic nitrogens is 1. The normalized spacial score (nSPS) is 10.4. The van der Waals surface area contributed by atoms with E-state index in [2.05, 4.69) is 48.3 Å². The maximum absolute atomic E-state index is 8.89. The summed E-state index contributed by atoms with van der Waals surface area (Å²) in [5.41, 5.74) is 4.46. The molecular weight excluding hydrogens is 246 g/mol. The highest BCUT2D eigenvalue weighted by molar-refractivity contribution is 5.37. The highest BCUT2D eigenvalue weighted by Crippen LogP contribution is 2.13. The van der Waals surface area contributed by atoms with Gasteiger partial charge in [-0.1, -0.05) is 13.0 Å². The summed E-state index contributed by atoms with van der Waals surface area (Å²) in [6, 6.07) is 10.2. The Morgan fingerprint density at radius 2 is 2.15 bits per heavy atom. The number of nitrogens with zero attached hydrogens (tertiary/aromatic N) is 2. The van der Waals surface area contributed by atoms with E-state index in [1.807, 2.05) is 18.2 Å². The minimum atomic E-state index is 0.725. The van der Waals surface area contributed by atoms with E-state index in [-0.39, 0.29) is 0 Å². The first-order valence-corrected chi connectivity index (χ1v) is 7.08. The molecule has 0 fully saturated rings. The van der Waals surface area contributed by atoms with Gasteiger partial charge in [-0.3, -0.25) is 0 Å². The van der Waals surface area contributed by atoms with E-state index in [0.29, 0.717) is 0 Å². The molecule has 0 radical (unpaired) electrons. The van der Waals surface area contributed by atoms with Gasteiger partial charge in [-0.2, -0.15) is 5.26 Å². The van der Waals surface area contributed by atoms with Crippen LogP contribution in [-0.4, -0.2) is 11.1 Å². The number of aryl methyl sites for hydroxylation is 1. The Balaban J connectivity index is 2.01. The molecule has 0 unspecified atom stereocenters. The molecule has 0 amide bonds. The molecule has 0 saturated carbocycles. The fourth-order valence-corrected chi connectivity index (χ4v) is 2.24. The summed E-state index contributed by atoms with van der Waals surface area (Å²) in [4.78, 5) is 0. The molecule has 1 aromatic carbocycles. The summed E-state index contributed by atoms with van der Waals surface area (Å²) in [6.45, 7) is 7.06. The lowest BCUT2D eigenvalue weighted by molar-refractivity contribution is 0.673. The predicted molar refractivity (Wildman–Crippen MR) is 81.4 cm³/mol. The first-order chi connectivity index (χ1) is 9.72. The molecule has 2 aromatic rings. The van der Waals surface area contributed by atoms with E-state index in [4.69, 9.17) is 5.26 Å². The number of benzene rings is 1. The maximum Gasteiger partial charge on any atom is 0.0991 e. The van der Waals surface area contributed by atoms with Crippen molar-refractivity contribution in [2.45, 2.75) is 33.4 Å². The van der Waals surface area contributed by atoms with E-state index >= 15 is 0 Å². The molecule has 0 aliphatic carbocycles. The predicted octanol–water partition coefficient (Wildman–Crippen LogP) is 3.22. The van der Waals surface area contributed by atoms with Crippen LogP contribution >= 0.6 is 0 Å². The quantitative estimate of drug-likeness (QED) is 0.816. The first-order valence-electron chi connectivity index (χ1n) is 7.08. The van der Waals surface area contributed by atoms with Gasteiger partial charge in [0.25, 0.3) is 0 Å². The lowest BCUT2D eigenvalue weighted by atomic mass is 10.1.